The highest BCUT2D eigenvalue weighted by Crippen LogP contribution is 2.33. The lowest BCUT2D eigenvalue weighted by molar-refractivity contribution is -0.141. The van der Waals surface area contributed by atoms with Crippen LogP contribution >= 0.6 is 15.9 Å². The van der Waals surface area contributed by atoms with Crippen LogP contribution in [0.2, 0.25) is 0 Å². The standard InChI is InChI=1S/C14H16BrNO3/c1-8(2)9-3-4-12(11(15)5-9)16-7-10(14(18)19)6-13(16)17/h3-5,8,10H,6-7H2,1-2H3,(H,18,19). The van der Waals surface area contributed by atoms with Crippen LogP contribution in [0.4, 0.5) is 5.69 Å². The number of benzene rings is 1. The zero-order chi connectivity index (χ0) is 14.2. The van der Waals surface area contributed by atoms with Gasteiger partial charge in [-0.25, -0.2) is 0 Å². The van der Waals surface area contributed by atoms with Gasteiger partial charge in [0.25, 0.3) is 0 Å². The minimum atomic E-state index is -0.911. The van der Waals surface area contributed by atoms with Gasteiger partial charge in [0.15, 0.2) is 0 Å². The third-order valence-electron chi connectivity index (χ3n) is 3.40. The van der Waals surface area contributed by atoms with Crippen LogP contribution in [-0.4, -0.2) is 23.5 Å². The van der Waals surface area contributed by atoms with Gasteiger partial charge in [-0.15, -0.1) is 0 Å². The summed E-state index contributed by atoms with van der Waals surface area (Å²) in [6, 6.07) is 5.84. The lowest BCUT2D eigenvalue weighted by Crippen LogP contribution is -2.26. The molecule has 0 aliphatic carbocycles. The zero-order valence-corrected chi connectivity index (χ0v) is 12.5. The Morgan fingerprint density at radius 1 is 1.47 bits per heavy atom. The number of halogens is 1. The molecule has 1 aromatic rings. The smallest absolute Gasteiger partial charge is 0.308 e. The van der Waals surface area contributed by atoms with E-state index < -0.39 is 11.9 Å². The number of anilines is 1. The molecule has 4 nitrogen and oxygen atoms in total. The number of amides is 1. The van der Waals surface area contributed by atoms with Crippen LogP contribution < -0.4 is 4.90 Å². The van der Waals surface area contributed by atoms with Crippen molar-refractivity contribution in [2.24, 2.45) is 5.92 Å². The SMILES string of the molecule is CC(C)c1ccc(N2CC(C(=O)O)CC2=O)c(Br)c1. The van der Waals surface area contributed by atoms with E-state index in [4.69, 9.17) is 5.11 Å². The predicted molar refractivity (Wildman–Crippen MR) is 76.3 cm³/mol. The van der Waals surface area contributed by atoms with Gasteiger partial charge in [-0.05, 0) is 39.5 Å². The molecule has 1 atom stereocenters. The largest absolute Gasteiger partial charge is 0.481 e. The average molecular weight is 326 g/mol. The fourth-order valence-electron chi connectivity index (χ4n) is 2.21. The van der Waals surface area contributed by atoms with E-state index >= 15 is 0 Å². The highest BCUT2D eigenvalue weighted by Gasteiger charge is 2.35. The molecule has 0 spiro atoms. The minimum Gasteiger partial charge on any atom is -0.481 e. The monoisotopic (exact) mass is 325 g/mol. The first-order chi connectivity index (χ1) is 8.90. The van der Waals surface area contributed by atoms with Crippen molar-refractivity contribution in [3.05, 3.63) is 28.2 Å². The van der Waals surface area contributed by atoms with Gasteiger partial charge in [0, 0.05) is 17.4 Å². The van der Waals surface area contributed by atoms with Crippen molar-refractivity contribution < 1.29 is 14.7 Å². The van der Waals surface area contributed by atoms with Crippen LogP contribution in [0.15, 0.2) is 22.7 Å². The van der Waals surface area contributed by atoms with Gasteiger partial charge < -0.3 is 10.0 Å². The average Bonchev–Trinajstić information content (AvgIpc) is 2.71. The first-order valence-electron chi connectivity index (χ1n) is 6.22. The second-order valence-corrected chi connectivity index (χ2v) is 5.96. The zero-order valence-electron chi connectivity index (χ0n) is 10.9. The fourth-order valence-corrected chi connectivity index (χ4v) is 2.82. The lowest BCUT2D eigenvalue weighted by atomic mass is 10.0. The van der Waals surface area contributed by atoms with Crippen LogP contribution in [0.1, 0.15) is 31.7 Å². The molecule has 1 aliphatic rings. The molecule has 5 heteroatoms. The molecule has 1 fully saturated rings. The molecule has 0 radical (unpaired) electrons. The summed E-state index contributed by atoms with van der Waals surface area (Å²) in [7, 11) is 0. The topological polar surface area (TPSA) is 57.6 Å². The van der Waals surface area contributed by atoms with Gasteiger partial charge in [0.2, 0.25) is 5.91 Å². The summed E-state index contributed by atoms with van der Waals surface area (Å²) >= 11 is 3.47. The second kappa shape index (κ2) is 5.33. The molecule has 1 saturated heterocycles. The van der Waals surface area contributed by atoms with E-state index in [2.05, 4.69) is 29.8 Å². The van der Waals surface area contributed by atoms with Gasteiger partial charge >= 0.3 is 5.97 Å². The maximum absolute atomic E-state index is 11.9. The summed E-state index contributed by atoms with van der Waals surface area (Å²) in [5.41, 5.74) is 1.93. The van der Waals surface area contributed by atoms with E-state index in [0.29, 0.717) is 5.92 Å². The van der Waals surface area contributed by atoms with Crippen LogP contribution in [-0.2, 0) is 9.59 Å². The van der Waals surface area contributed by atoms with Crippen molar-refractivity contribution in [2.45, 2.75) is 26.2 Å². The van der Waals surface area contributed by atoms with Crippen LogP contribution in [0.3, 0.4) is 0 Å². The maximum atomic E-state index is 11.9. The molecule has 1 aromatic carbocycles. The normalized spacial score (nSPS) is 19.3. The summed E-state index contributed by atoms with van der Waals surface area (Å²) in [5.74, 6) is -1.24. The molecular formula is C14H16BrNO3. The molecule has 2 rings (SSSR count). The summed E-state index contributed by atoms with van der Waals surface area (Å²) in [6.07, 6.45) is 0.0771. The first kappa shape index (κ1) is 14.1. The van der Waals surface area contributed by atoms with Gasteiger partial charge in [0.05, 0.1) is 11.6 Å². The number of carbonyl (C=O) groups is 2. The Hall–Kier alpha value is -1.36. The number of aliphatic carboxylic acids is 1. The Labute approximate surface area is 120 Å². The highest BCUT2D eigenvalue weighted by molar-refractivity contribution is 9.10. The molecule has 1 unspecified atom stereocenters. The van der Waals surface area contributed by atoms with E-state index in [1.807, 2.05) is 18.2 Å². The van der Waals surface area contributed by atoms with E-state index in [1.54, 1.807) is 4.90 Å². The predicted octanol–water partition coefficient (Wildman–Crippen LogP) is 3.01. The quantitative estimate of drug-likeness (QED) is 0.929. The first-order valence-corrected chi connectivity index (χ1v) is 7.02. The van der Waals surface area contributed by atoms with E-state index in [1.165, 1.54) is 5.56 Å². The molecule has 0 aromatic heterocycles. The number of carbonyl (C=O) groups excluding carboxylic acids is 1. The molecule has 0 saturated carbocycles. The summed E-state index contributed by atoms with van der Waals surface area (Å²) < 4.78 is 0.832. The van der Waals surface area contributed by atoms with Crippen LogP contribution in [0, 0.1) is 5.92 Å². The maximum Gasteiger partial charge on any atom is 0.308 e. The highest BCUT2D eigenvalue weighted by atomic mass is 79.9. The molecule has 102 valence electrons. The van der Waals surface area contributed by atoms with Crippen molar-refractivity contribution in [1.29, 1.82) is 0 Å². The summed E-state index contributed by atoms with van der Waals surface area (Å²) in [5, 5.41) is 8.99. The van der Waals surface area contributed by atoms with Crippen LogP contribution in [0.25, 0.3) is 0 Å². The van der Waals surface area contributed by atoms with Crippen LogP contribution in [0.5, 0.6) is 0 Å². The van der Waals surface area contributed by atoms with Crippen molar-refractivity contribution in [2.75, 3.05) is 11.4 Å². The van der Waals surface area contributed by atoms with Gasteiger partial charge in [-0.2, -0.15) is 0 Å². The van der Waals surface area contributed by atoms with E-state index in [0.717, 1.165) is 10.2 Å². The van der Waals surface area contributed by atoms with Crippen molar-refractivity contribution >= 4 is 33.5 Å². The fraction of sp³-hybridized carbons (Fsp3) is 0.429. The molecule has 1 amide bonds. The Bertz CT molecular complexity index is 527. The third-order valence-corrected chi connectivity index (χ3v) is 4.04. The number of carboxylic acid groups (broad SMARTS) is 1. The van der Waals surface area contributed by atoms with Crippen molar-refractivity contribution in [3.8, 4) is 0 Å². The molecule has 0 bridgehead atoms. The Kier molecular flexibility index (Phi) is 3.94. The van der Waals surface area contributed by atoms with Gasteiger partial charge in [0.1, 0.15) is 0 Å². The molecule has 1 aliphatic heterocycles. The Morgan fingerprint density at radius 2 is 2.16 bits per heavy atom. The number of carboxylic acids is 1. The van der Waals surface area contributed by atoms with E-state index in [9.17, 15) is 9.59 Å². The molecule has 19 heavy (non-hydrogen) atoms. The van der Waals surface area contributed by atoms with E-state index in [-0.39, 0.29) is 18.9 Å². The molecular weight excluding hydrogens is 310 g/mol. The van der Waals surface area contributed by atoms with Crippen molar-refractivity contribution in [1.82, 2.24) is 0 Å². The second-order valence-electron chi connectivity index (χ2n) is 5.11. The molecule has 1 N–H and O–H groups in total. The Balaban J connectivity index is 2.28. The number of rotatable bonds is 3. The molecule has 1 heterocycles. The van der Waals surface area contributed by atoms with Gasteiger partial charge in [-0.3, -0.25) is 9.59 Å². The van der Waals surface area contributed by atoms with Gasteiger partial charge in [-0.1, -0.05) is 19.9 Å². The summed E-state index contributed by atoms with van der Waals surface area (Å²) in [4.78, 5) is 24.4. The van der Waals surface area contributed by atoms with Crippen molar-refractivity contribution in [3.63, 3.8) is 0 Å². The minimum absolute atomic E-state index is 0.0771. The number of hydrogen-bond acceptors (Lipinski definition) is 2. The number of hydrogen-bond donors (Lipinski definition) is 1. The number of nitrogens with zero attached hydrogens (tertiary/aromatic N) is 1. The third kappa shape index (κ3) is 2.81. The Morgan fingerprint density at radius 3 is 2.63 bits per heavy atom. The lowest BCUT2D eigenvalue weighted by Gasteiger charge is -2.19. The summed E-state index contributed by atoms with van der Waals surface area (Å²) in [6.45, 7) is 4.44.